The van der Waals surface area contributed by atoms with Gasteiger partial charge in [-0.3, -0.25) is 13.9 Å². The van der Waals surface area contributed by atoms with Gasteiger partial charge < -0.3 is 9.67 Å². The smallest absolute Gasteiger partial charge is 0.333 e. The molecule has 0 radical (unpaired) electrons. The van der Waals surface area contributed by atoms with Crippen LogP contribution < -0.4 is 11.2 Å². The number of hydrogen-bond acceptors (Lipinski definition) is 4. The van der Waals surface area contributed by atoms with Crippen molar-refractivity contribution in [1.29, 1.82) is 0 Å². The van der Waals surface area contributed by atoms with Crippen molar-refractivity contribution in [2.45, 2.75) is 109 Å². The maximum absolute atomic E-state index is 13.7. The molecule has 0 bridgehead atoms. The summed E-state index contributed by atoms with van der Waals surface area (Å²) in [5, 5.41) is 10.3. The highest BCUT2D eigenvalue weighted by Gasteiger charge is 2.31. The number of rotatable bonds is 5. The van der Waals surface area contributed by atoms with Crippen LogP contribution in [0.15, 0.2) is 15.9 Å². The third-order valence-electron chi connectivity index (χ3n) is 7.90. The fourth-order valence-corrected chi connectivity index (χ4v) is 5.67. The van der Waals surface area contributed by atoms with Crippen LogP contribution in [-0.2, 0) is 13.1 Å². The first kappa shape index (κ1) is 21.0. The second kappa shape index (κ2) is 8.23. The largest absolute Gasteiger partial charge is 0.390 e. The van der Waals surface area contributed by atoms with Crippen LogP contribution in [0.5, 0.6) is 0 Å². The Morgan fingerprint density at radius 1 is 0.968 bits per heavy atom. The van der Waals surface area contributed by atoms with E-state index in [4.69, 9.17) is 0 Å². The summed E-state index contributed by atoms with van der Waals surface area (Å²) in [5.74, 6) is 0.884. The van der Waals surface area contributed by atoms with Gasteiger partial charge in [0.25, 0.3) is 5.56 Å². The van der Waals surface area contributed by atoms with Gasteiger partial charge in [-0.05, 0) is 70.1 Å². The number of nitrogens with zero attached hydrogens (tertiary/aromatic N) is 4. The molecule has 0 aliphatic heterocycles. The molecule has 0 atom stereocenters. The molecule has 5 rings (SSSR count). The minimum Gasteiger partial charge on any atom is -0.390 e. The van der Waals surface area contributed by atoms with Gasteiger partial charge in [-0.1, -0.05) is 25.7 Å². The predicted octanol–water partition coefficient (Wildman–Crippen LogP) is 3.61. The zero-order valence-electron chi connectivity index (χ0n) is 18.8. The van der Waals surface area contributed by atoms with Crippen molar-refractivity contribution in [2.75, 3.05) is 0 Å². The molecular formula is C24H36N4O3. The summed E-state index contributed by atoms with van der Waals surface area (Å²) in [6.45, 7) is 3.16. The lowest BCUT2D eigenvalue weighted by atomic mass is 9.80. The predicted molar refractivity (Wildman–Crippen MR) is 120 cm³/mol. The van der Waals surface area contributed by atoms with E-state index < -0.39 is 5.60 Å². The van der Waals surface area contributed by atoms with Crippen LogP contribution in [0.3, 0.4) is 0 Å². The Hall–Kier alpha value is -1.89. The van der Waals surface area contributed by atoms with Gasteiger partial charge in [0.1, 0.15) is 0 Å². The quantitative estimate of drug-likeness (QED) is 0.738. The molecule has 170 valence electrons. The van der Waals surface area contributed by atoms with Crippen LogP contribution >= 0.6 is 0 Å². The van der Waals surface area contributed by atoms with Crippen molar-refractivity contribution < 1.29 is 5.11 Å². The van der Waals surface area contributed by atoms with Crippen molar-refractivity contribution in [3.8, 4) is 0 Å². The lowest BCUT2D eigenvalue weighted by Gasteiger charge is -2.33. The molecule has 7 nitrogen and oxygen atoms in total. The summed E-state index contributed by atoms with van der Waals surface area (Å²) in [6.07, 6.45) is 14.0. The molecule has 0 unspecified atom stereocenters. The third kappa shape index (κ3) is 4.26. The lowest BCUT2D eigenvalue weighted by Crippen LogP contribution is -2.44. The number of hydrogen-bond donors (Lipinski definition) is 1. The molecule has 3 aliphatic carbocycles. The zero-order valence-corrected chi connectivity index (χ0v) is 18.8. The van der Waals surface area contributed by atoms with Crippen LogP contribution in [0.2, 0.25) is 0 Å². The van der Waals surface area contributed by atoms with E-state index >= 15 is 0 Å². The summed E-state index contributed by atoms with van der Waals surface area (Å²) in [6, 6.07) is 0.126. The topological polar surface area (TPSA) is 82.1 Å². The van der Waals surface area contributed by atoms with Crippen molar-refractivity contribution >= 4 is 11.2 Å². The third-order valence-corrected chi connectivity index (χ3v) is 7.90. The number of imidazole rings is 1. The lowest BCUT2D eigenvalue weighted by molar-refractivity contribution is 0.00547. The minimum atomic E-state index is -0.616. The maximum Gasteiger partial charge on any atom is 0.333 e. The van der Waals surface area contributed by atoms with E-state index in [-0.39, 0.29) is 23.2 Å². The van der Waals surface area contributed by atoms with E-state index in [0.717, 1.165) is 57.9 Å². The summed E-state index contributed by atoms with van der Waals surface area (Å²) in [5.41, 5.74) is 0.220. The van der Waals surface area contributed by atoms with Crippen LogP contribution in [-0.4, -0.2) is 29.4 Å². The van der Waals surface area contributed by atoms with Gasteiger partial charge in [-0.25, -0.2) is 9.78 Å². The average molecular weight is 429 g/mol. The fourth-order valence-electron chi connectivity index (χ4n) is 5.67. The Morgan fingerprint density at radius 2 is 1.61 bits per heavy atom. The number of aliphatic hydroxyl groups is 1. The molecule has 31 heavy (non-hydrogen) atoms. The SMILES string of the molecule is CC1(O)CCC(Cn2c(=O)c3c(ncn3CC3CC3)n(C3CCCCCC3)c2=O)CC1. The molecule has 0 amide bonds. The van der Waals surface area contributed by atoms with Crippen LogP contribution in [0.4, 0.5) is 0 Å². The molecule has 1 N–H and O–H groups in total. The number of aromatic nitrogens is 4. The molecule has 3 aliphatic rings. The monoisotopic (exact) mass is 428 g/mol. The van der Waals surface area contributed by atoms with Gasteiger partial charge >= 0.3 is 5.69 Å². The molecule has 7 heteroatoms. The molecule has 0 saturated heterocycles. The Bertz CT molecular complexity index is 1040. The van der Waals surface area contributed by atoms with E-state index in [1.54, 1.807) is 6.33 Å². The van der Waals surface area contributed by atoms with Gasteiger partial charge in [-0.15, -0.1) is 0 Å². The van der Waals surface area contributed by atoms with E-state index in [1.807, 2.05) is 16.1 Å². The van der Waals surface area contributed by atoms with Crippen molar-refractivity contribution in [1.82, 2.24) is 18.7 Å². The molecule has 0 aromatic carbocycles. The molecular weight excluding hydrogens is 392 g/mol. The summed E-state index contributed by atoms with van der Waals surface area (Å²) in [7, 11) is 0. The summed E-state index contributed by atoms with van der Waals surface area (Å²) >= 11 is 0. The van der Waals surface area contributed by atoms with Gasteiger partial charge in [0.15, 0.2) is 11.2 Å². The van der Waals surface area contributed by atoms with Gasteiger partial charge in [0, 0.05) is 19.1 Å². The van der Waals surface area contributed by atoms with Crippen LogP contribution in [0.1, 0.15) is 90.0 Å². The normalized spacial score (nSPS) is 28.1. The van der Waals surface area contributed by atoms with Crippen molar-refractivity contribution in [2.24, 2.45) is 11.8 Å². The molecule has 2 aromatic heterocycles. The Balaban J connectivity index is 1.58. The zero-order chi connectivity index (χ0) is 21.6. The van der Waals surface area contributed by atoms with Crippen molar-refractivity contribution in [3.63, 3.8) is 0 Å². The summed E-state index contributed by atoms with van der Waals surface area (Å²) < 4.78 is 5.37. The van der Waals surface area contributed by atoms with E-state index in [0.29, 0.717) is 23.6 Å². The molecule has 2 heterocycles. The first-order valence-corrected chi connectivity index (χ1v) is 12.4. The second-order valence-electron chi connectivity index (χ2n) is 10.7. The highest BCUT2D eigenvalue weighted by molar-refractivity contribution is 5.70. The highest BCUT2D eigenvalue weighted by atomic mass is 16.3. The Morgan fingerprint density at radius 3 is 2.26 bits per heavy atom. The van der Waals surface area contributed by atoms with Gasteiger partial charge in [0.2, 0.25) is 0 Å². The van der Waals surface area contributed by atoms with Crippen molar-refractivity contribution in [3.05, 3.63) is 27.2 Å². The molecule has 0 spiro atoms. The summed E-state index contributed by atoms with van der Waals surface area (Å²) in [4.78, 5) is 31.9. The molecule has 2 aromatic rings. The van der Waals surface area contributed by atoms with E-state index in [9.17, 15) is 14.7 Å². The Labute approximate surface area is 183 Å². The standard InChI is InChI=1S/C24H36N4O3/c1-24(31)12-10-18(11-13-24)15-27-22(29)20-21(25-16-26(20)14-17-8-9-17)28(23(27)30)19-6-4-2-3-5-7-19/h16-19,31H,2-15H2,1H3. The molecule has 3 saturated carbocycles. The van der Waals surface area contributed by atoms with Crippen LogP contribution in [0, 0.1) is 11.8 Å². The maximum atomic E-state index is 13.7. The molecule has 3 fully saturated rings. The number of fused-ring (bicyclic) bond motifs is 1. The fraction of sp³-hybridized carbons (Fsp3) is 0.792. The van der Waals surface area contributed by atoms with E-state index in [2.05, 4.69) is 4.98 Å². The van der Waals surface area contributed by atoms with Gasteiger partial charge in [0.05, 0.1) is 11.9 Å². The minimum absolute atomic E-state index is 0.126. The first-order chi connectivity index (χ1) is 14.9. The Kier molecular flexibility index (Phi) is 5.57. The van der Waals surface area contributed by atoms with Gasteiger partial charge in [-0.2, -0.15) is 0 Å². The second-order valence-corrected chi connectivity index (χ2v) is 10.7. The average Bonchev–Trinajstić information content (AvgIpc) is 3.51. The van der Waals surface area contributed by atoms with E-state index in [1.165, 1.54) is 30.3 Å². The van der Waals surface area contributed by atoms with Crippen LogP contribution in [0.25, 0.3) is 11.2 Å². The highest BCUT2D eigenvalue weighted by Crippen LogP contribution is 2.34. The first-order valence-electron chi connectivity index (χ1n) is 12.4.